The maximum Gasteiger partial charge on any atom is 0.368 e. The molecule has 76 valence electrons. The van der Waals surface area contributed by atoms with Crippen LogP contribution in [0.4, 0.5) is 0 Å². The Morgan fingerprint density at radius 3 is 2.60 bits per heavy atom. The first-order chi connectivity index (χ1) is 7.18. The number of aromatic hydroxyl groups is 1. The van der Waals surface area contributed by atoms with E-state index < -0.39 is 11.9 Å². The number of para-hydroxylation sites is 1. The van der Waals surface area contributed by atoms with Gasteiger partial charge in [-0.05, 0) is 12.1 Å². The second-order valence-electron chi connectivity index (χ2n) is 2.94. The van der Waals surface area contributed by atoms with Crippen molar-refractivity contribution in [2.75, 3.05) is 0 Å². The number of phenolic OH excluding ortho intramolecular Hbond substituents is 1. The molecule has 0 radical (unpaired) electrons. The summed E-state index contributed by atoms with van der Waals surface area (Å²) < 4.78 is 0. The lowest BCUT2D eigenvalue weighted by atomic mass is 10.1. The van der Waals surface area contributed by atoms with E-state index in [0.29, 0.717) is 5.56 Å². The lowest BCUT2D eigenvalue weighted by Gasteiger charge is -1.96. The van der Waals surface area contributed by atoms with Gasteiger partial charge < -0.3 is 9.94 Å². The van der Waals surface area contributed by atoms with Gasteiger partial charge in [-0.25, -0.2) is 4.79 Å². The largest absolute Gasteiger partial charge is 0.507 e. The fourth-order valence-electron chi connectivity index (χ4n) is 1.18. The molecule has 0 aromatic heterocycles. The first-order valence-corrected chi connectivity index (χ1v) is 4.19. The monoisotopic (exact) mass is 205 g/mol. The summed E-state index contributed by atoms with van der Waals surface area (Å²) in [6.45, 7) is 0. The van der Waals surface area contributed by atoms with Gasteiger partial charge in [-0.1, -0.05) is 18.2 Å². The molecule has 1 saturated heterocycles. The number of carbonyl (C=O) groups is 2. The molecule has 1 aliphatic rings. The third-order valence-corrected chi connectivity index (χ3v) is 1.94. The molecule has 5 nitrogen and oxygen atoms in total. The van der Waals surface area contributed by atoms with Gasteiger partial charge in [0.05, 0.1) is 0 Å². The Balaban J connectivity index is 2.42. The highest BCUT2D eigenvalue weighted by molar-refractivity contribution is 6.22. The molecule has 0 aliphatic carbocycles. The van der Waals surface area contributed by atoms with Crippen LogP contribution in [0.15, 0.2) is 29.8 Å². The Hall–Kier alpha value is -2.30. The smallest absolute Gasteiger partial charge is 0.368 e. The standard InChI is InChI=1S/C10H7NO4/c12-8-4-2-1-3-6(8)5-7-9(13)11-15-10(7)14/h1-5,12H,(H,11,13). The summed E-state index contributed by atoms with van der Waals surface area (Å²) in [7, 11) is 0. The molecule has 0 spiro atoms. The molecule has 1 aromatic carbocycles. The summed E-state index contributed by atoms with van der Waals surface area (Å²) in [5, 5.41) is 9.41. The second kappa shape index (κ2) is 3.45. The summed E-state index contributed by atoms with van der Waals surface area (Å²) in [5.74, 6) is -1.36. The predicted molar refractivity (Wildman–Crippen MR) is 50.3 cm³/mol. The van der Waals surface area contributed by atoms with Crippen molar-refractivity contribution >= 4 is 18.0 Å². The highest BCUT2D eigenvalue weighted by Gasteiger charge is 2.28. The van der Waals surface area contributed by atoms with Gasteiger partial charge in [0.1, 0.15) is 11.3 Å². The van der Waals surface area contributed by atoms with Crippen LogP contribution in [0.25, 0.3) is 6.08 Å². The molecule has 15 heavy (non-hydrogen) atoms. The molecule has 2 N–H and O–H groups in total. The highest BCUT2D eigenvalue weighted by atomic mass is 16.7. The van der Waals surface area contributed by atoms with Crippen LogP contribution in [-0.4, -0.2) is 17.0 Å². The van der Waals surface area contributed by atoms with E-state index in [1.165, 1.54) is 12.1 Å². The van der Waals surface area contributed by atoms with Crippen LogP contribution >= 0.6 is 0 Å². The van der Waals surface area contributed by atoms with Gasteiger partial charge in [-0.2, -0.15) is 5.48 Å². The number of hydroxylamine groups is 1. The van der Waals surface area contributed by atoms with Crippen molar-refractivity contribution in [2.24, 2.45) is 0 Å². The van der Waals surface area contributed by atoms with E-state index in [-0.39, 0.29) is 11.3 Å². The van der Waals surface area contributed by atoms with Gasteiger partial charge in [-0.3, -0.25) is 4.79 Å². The van der Waals surface area contributed by atoms with Gasteiger partial charge in [0.2, 0.25) is 0 Å². The maximum absolute atomic E-state index is 11.1. The summed E-state index contributed by atoms with van der Waals surface area (Å²) in [4.78, 5) is 26.4. The highest BCUT2D eigenvalue weighted by Crippen LogP contribution is 2.20. The van der Waals surface area contributed by atoms with E-state index in [9.17, 15) is 14.7 Å². The van der Waals surface area contributed by atoms with Crippen LogP contribution < -0.4 is 5.48 Å². The number of hydrogen-bond donors (Lipinski definition) is 2. The van der Waals surface area contributed by atoms with Crippen LogP contribution in [0.2, 0.25) is 0 Å². The normalized spacial score (nSPS) is 17.7. The Labute approximate surface area is 84.9 Å². The number of rotatable bonds is 1. The molecular formula is C10H7NO4. The molecule has 0 atom stereocenters. The lowest BCUT2D eigenvalue weighted by Crippen LogP contribution is -2.12. The summed E-state index contributed by atoms with van der Waals surface area (Å²) in [5.41, 5.74) is 2.18. The molecule has 1 amide bonds. The van der Waals surface area contributed by atoms with Gasteiger partial charge in [-0.15, -0.1) is 0 Å². The molecule has 5 heteroatoms. The van der Waals surface area contributed by atoms with E-state index in [4.69, 9.17) is 0 Å². The lowest BCUT2D eigenvalue weighted by molar-refractivity contribution is -0.143. The zero-order valence-corrected chi connectivity index (χ0v) is 7.56. The van der Waals surface area contributed by atoms with E-state index in [2.05, 4.69) is 4.84 Å². The Morgan fingerprint density at radius 1 is 1.27 bits per heavy atom. The van der Waals surface area contributed by atoms with Crippen molar-refractivity contribution < 1.29 is 19.5 Å². The third-order valence-electron chi connectivity index (χ3n) is 1.94. The van der Waals surface area contributed by atoms with Crippen molar-refractivity contribution in [3.05, 3.63) is 35.4 Å². The topological polar surface area (TPSA) is 75.6 Å². The minimum atomic E-state index is -0.747. The molecule has 2 rings (SSSR count). The minimum Gasteiger partial charge on any atom is -0.507 e. The van der Waals surface area contributed by atoms with Crippen LogP contribution in [0.5, 0.6) is 5.75 Å². The van der Waals surface area contributed by atoms with Crippen LogP contribution in [0.1, 0.15) is 5.56 Å². The fourth-order valence-corrected chi connectivity index (χ4v) is 1.18. The van der Waals surface area contributed by atoms with Gasteiger partial charge in [0, 0.05) is 5.56 Å². The average Bonchev–Trinajstić information content (AvgIpc) is 2.53. The molecule has 1 heterocycles. The molecule has 0 saturated carbocycles. The summed E-state index contributed by atoms with van der Waals surface area (Å²) >= 11 is 0. The number of phenols is 1. The van der Waals surface area contributed by atoms with Gasteiger partial charge in [0.15, 0.2) is 0 Å². The van der Waals surface area contributed by atoms with Crippen LogP contribution in [-0.2, 0) is 14.4 Å². The molecule has 1 aromatic rings. The van der Waals surface area contributed by atoms with Crippen molar-refractivity contribution in [1.82, 2.24) is 5.48 Å². The molecule has 1 fully saturated rings. The molecular weight excluding hydrogens is 198 g/mol. The third kappa shape index (κ3) is 1.67. The van der Waals surface area contributed by atoms with E-state index >= 15 is 0 Å². The first kappa shape index (κ1) is 9.26. The Kier molecular flexibility index (Phi) is 2.13. The quantitative estimate of drug-likeness (QED) is 0.512. The maximum atomic E-state index is 11.1. The Bertz CT molecular complexity index is 446. The van der Waals surface area contributed by atoms with Gasteiger partial charge in [0.25, 0.3) is 5.91 Å². The van der Waals surface area contributed by atoms with Crippen molar-refractivity contribution in [3.63, 3.8) is 0 Å². The zero-order valence-electron chi connectivity index (χ0n) is 7.56. The second-order valence-corrected chi connectivity index (χ2v) is 2.94. The first-order valence-electron chi connectivity index (χ1n) is 4.19. The number of carbonyl (C=O) groups excluding carboxylic acids is 2. The molecule has 0 unspecified atom stereocenters. The zero-order chi connectivity index (χ0) is 10.8. The van der Waals surface area contributed by atoms with Gasteiger partial charge >= 0.3 is 5.97 Å². The SMILES string of the molecule is O=C1NOC(=O)C1=Cc1ccccc1O. The predicted octanol–water partition coefficient (Wildman–Crippen LogP) is 0.364. The summed E-state index contributed by atoms with van der Waals surface area (Å²) in [6.07, 6.45) is 1.28. The number of benzene rings is 1. The number of nitrogens with one attached hydrogen (secondary N) is 1. The fraction of sp³-hybridized carbons (Fsp3) is 0. The minimum absolute atomic E-state index is 0.00231. The average molecular weight is 205 g/mol. The molecule has 1 aliphatic heterocycles. The van der Waals surface area contributed by atoms with E-state index in [0.717, 1.165) is 0 Å². The summed E-state index contributed by atoms with van der Waals surface area (Å²) in [6, 6.07) is 6.38. The van der Waals surface area contributed by atoms with Crippen molar-refractivity contribution in [1.29, 1.82) is 0 Å². The number of hydrogen-bond acceptors (Lipinski definition) is 4. The number of amides is 1. The van der Waals surface area contributed by atoms with Crippen molar-refractivity contribution in [3.8, 4) is 5.75 Å². The molecule has 0 bridgehead atoms. The Morgan fingerprint density at radius 2 is 2.00 bits per heavy atom. The van der Waals surface area contributed by atoms with Crippen LogP contribution in [0.3, 0.4) is 0 Å². The van der Waals surface area contributed by atoms with Crippen LogP contribution in [0, 0.1) is 0 Å². The van der Waals surface area contributed by atoms with Crippen molar-refractivity contribution in [2.45, 2.75) is 0 Å². The van der Waals surface area contributed by atoms with E-state index in [1.54, 1.807) is 18.2 Å². The van der Waals surface area contributed by atoms with E-state index in [1.807, 2.05) is 5.48 Å².